The number of pyridine rings is 1. The Labute approximate surface area is 323 Å². The van der Waals surface area contributed by atoms with E-state index in [1.54, 1.807) is 75.6 Å². The van der Waals surface area contributed by atoms with Crippen LogP contribution in [0.5, 0.6) is 11.6 Å². The van der Waals surface area contributed by atoms with Crippen molar-refractivity contribution in [3.8, 4) is 33.9 Å². The highest BCUT2D eigenvalue weighted by atomic mass is 19.2. The molecule has 0 saturated carbocycles. The van der Waals surface area contributed by atoms with Crippen LogP contribution in [0.3, 0.4) is 0 Å². The fourth-order valence-electron chi connectivity index (χ4n) is 6.29. The summed E-state index contributed by atoms with van der Waals surface area (Å²) in [5.41, 5.74) is 0.818. The number of rotatable bonds is 8. The standard InChI is InChI=1S/C42H45F3N4O7/c1-41(2,3)55-39(51)48-17-15-30(23-48)53-36-14-10-27(19-32(36)26-9-13-34(44)35(45)20-26)37(50)47-29-21-33(25-7-11-28(43)12-8-25)38(46-22-29)54-31-16-18-49(24-31)40(52)56-42(4,5)6/h7-14,19-22,30-31H,15-18,23-24H2,1-6H3,(H,47,50)/t30-,31-/m0/s1. The smallest absolute Gasteiger partial charge is 0.410 e. The fourth-order valence-corrected chi connectivity index (χ4v) is 6.29. The van der Waals surface area contributed by atoms with Gasteiger partial charge in [0.25, 0.3) is 5.91 Å². The largest absolute Gasteiger partial charge is 0.488 e. The maximum Gasteiger partial charge on any atom is 0.410 e. The quantitative estimate of drug-likeness (QED) is 0.189. The lowest BCUT2D eigenvalue weighted by atomic mass is 10.0. The van der Waals surface area contributed by atoms with Crippen molar-refractivity contribution in [2.24, 2.45) is 0 Å². The number of amides is 3. The average Bonchev–Trinajstić information content (AvgIpc) is 3.80. The van der Waals surface area contributed by atoms with E-state index in [1.165, 1.54) is 36.5 Å². The van der Waals surface area contributed by atoms with E-state index < -0.39 is 59.0 Å². The van der Waals surface area contributed by atoms with Gasteiger partial charge in [-0.05, 0) is 101 Å². The van der Waals surface area contributed by atoms with E-state index in [0.29, 0.717) is 54.1 Å². The molecule has 6 rings (SSSR count). The third kappa shape index (κ3) is 10.1. The minimum Gasteiger partial charge on any atom is -0.488 e. The number of nitrogens with zero attached hydrogens (tertiary/aromatic N) is 3. The summed E-state index contributed by atoms with van der Waals surface area (Å²) in [6, 6.07) is 15.4. The second-order valence-corrected chi connectivity index (χ2v) is 15.8. The molecule has 296 valence electrons. The SMILES string of the molecule is CC(C)(C)OC(=O)N1CC[C@H](Oc2ccc(C(=O)Nc3cnc(O[C@H]4CCN(C(=O)OC(C)(C)C)C4)c(-c4ccc(F)cc4)c3)cc2-c2ccc(F)c(F)c2)C1. The van der Waals surface area contributed by atoms with Crippen LogP contribution in [-0.2, 0) is 9.47 Å². The normalized spacial score (nSPS) is 17.1. The van der Waals surface area contributed by atoms with Crippen LogP contribution < -0.4 is 14.8 Å². The van der Waals surface area contributed by atoms with Crippen molar-refractivity contribution >= 4 is 23.8 Å². The zero-order valence-corrected chi connectivity index (χ0v) is 32.2. The summed E-state index contributed by atoms with van der Waals surface area (Å²) in [7, 11) is 0. The van der Waals surface area contributed by atoms with Crippen molar-refractivity contribution in [2.45, 2.75) is 77.8 Å². The van der Waals surface area contributed by atoms with Crippen LogP contribution >= 0.6 is 0 Å². The first-order chi connectivity index (χ1) is 26.4. The molecule has 2 atom stereocenters. The minimum absolute atomic E-state index is 0.177. The van der Waals surface area contributed by atoms with Crippen LogP contribution in [0.4, 0.5) is 28.4 Å². The lowest BCUT2D eigenvalue weighted by molar-refractivity contribution is 0.0266. The van der Waals surface area contributed by atoms with Gasteiger partial charge in [-0.25, -0.2) is 27.7 Å². The Kier molecular flexibility index (Phi) is 11.5. The molecule has 0 unspecified atom stereocenters. The Bertz CT molecular complexity index is 2100. The summed E-state index contributed by atoms with van der Waals surface area (Å²) < 4.78 is 65.9. The van der Waals surface area contributed by atoms with Gasteiger partial charge < -0.3 is 34.1 Å². The molecule has 2 aliphatic rings. The van der Waals surface area contributed by atoms with Crippen molar-refractivity contribution < 1.29 is 46.5 Å². The molecular weight excluding hydrogens is 729 g/mol. The van der Waals surface area contributed by atoms with Gasteiger partial charge in [-0.2, -0.15) is 0 Å². The van der Waals surface area contributed by atoms with Gasteiger partial charge in [0.05, 0.1) is 25.0 Å². The maximum absolute atomic E-state index is 14.5. The Balaban J connectivity index is 1.23. The number of benzene rings is 3. The highest BCUT2D eigenvalue weighted by Gasteiger charge is 2.33. The minimum atomic E-state index is -1.07. The molecule has 14 heteroatoms. The Hall–Kier alpha value is -5.79. The number of hydrogen-bond donors (Lipinski definition) is 1. The molecule has 3 amide bonds. The van der Waals surface area contributed by atoms with Gasteiger partial charge >= 0.3 is 12.2 Å². The Morgan fingerprint density at radius 1 is 0.696 bits per heavy atom. The van der Waals surface area contributed by atoms with Gasteiger partial charge in [-0.15, -0.1) is 0 Å². The second-order valence-electron chi connectivity index (χ2n) is 15.8. The number of ether oxygens (including phenoxy) is 4. The number of carbonyl (C=O) groups is 3. The highest BCUT2D eigenvalue weighted by Crippen LogP contribution is 2.36. The lowest BCUT2D eigenvalue weighted by Crippen LogP contribution is -2.36. The van der Waals surface area contributed by atoms with Crippen LogP contribution in [0.2, 0.25) is 0 Å². The topological polar surface area (TPSA) is 120 Å². The van der Waals surface area contributed by atoms with Gasteiger partial charge in [0.15, 0.2) is 11.6 Å². The van der Waals surface area contributed by atoms with Crippen molar-refractivity contribution in [2.75, 3.05) is 31.5 Å². The molecule has 1 aromatic heterocycles. The molecular formula is C42H45F3N4O7. The zero-order chi connectivity index (χ0) is 40.4. The average molecular weight is 775 g/mol. The third-order valence-corrected chi connectivity index (χ3v) is 8.90. The molecule has 0 bridgehead atoms. The van der Waals surface area contributed by atoms with Crippen LogP contribution in [0.1, 0.15) is 64.7 Å². The number of hydrogen-bond acceptors (Lipinski definition) is 8. The fraction of sp³-hybridized carbons (Fsp3) is 0.381. The third-order valence-electron chi connectivity index (χ3n) is 8.90. The van der Waals surface area contributed by atoms with Crippen LogP contribution in [0.15, 0.2) is 72.9 Å². The van der Waals surface area contributed by atoms with E-state index in [0.717, 1.165) is 12.1 Å². The number of aromatic nitrogens is 1. The number of halogens is 3. The summed E-state index contributed by atoms with van der Waals surface area (Å²) in [6.45, 7) is 12.1. The summed E-state index contributed by atoms with van der Waals surface area (Å²) in [6.07, 6.45) is 0.739. The molecule has 0 aliphatic carbocycles. The molecule has 3 aromatic carbocycles. The van der Waals surface area contributed by atoms with Gasteiger partial charge in [0.1, 0.15) is 35.0 Å². The van der Waals surface area contributed by atoms with Gasteiger partial charge in [0, 0.05) is 42.6 Å². The Morgan fingerprint density at radius 3 is 1.88 bits per heavy atom. The first kappa shape index (κ1) is 39.9. The van der Waals surface area contributed by atoms with Crippen LogP contribution in [0, 0.1) is 17.5 Å². The highest BCUT2D eigenvalue weighted by molar-refractivity contribution is 6.05. The lowest BCUT2D eigenvalue weighted by Gasteiger charge is -2.24. The number of likely N-dealkylation sites (tertiary alicyclic amines) is 2. The zero-order valence-electron chi connectivity index (χ0n) is 32.2. The molecule has 56 heavy (non-hydrogen) atoms. The number of nitrogens with one attached hydrogen (secondary N) is 1. The maximum atomic E-state index is 14.5. The summed E-state index contributed by atoms with van der Waals surface area (Å²) in [5, 5.41) is 2.84. The monoisotopic (exact) mass is 774 g/mol. The van der Waals surface area contributed by atoms with Gasteiger partial charge in [-0.3, -0.25) is 4.79 Å². The number of carbonyl (C=O) groups excluding carboxylic acids is 3. The first-order valence-corrected chi connectivity index (χ1v) is 18.4. The summed E-state index contributed by atoms with van der Waals surface area (Å²) >= 11 is 0. The van der Waals surface area contributed by atoms with Gasteiger partial charge in [-0.1, -0.05) is 18.2 Å². The molecule has 3 heterocycles. The van der Waals surface area contributed by atoms with E-state index in [9.17, 15) is 27.6 Å². The predicted molar refractivity (Wildman–Crippen MR) is 203 cm³/mol. The molecule has 0 radical (unpaired) electrons. The number of anilines is 1. The van der Waals surface area contributed by atoms with Crippen molar-refractivity contribution in [1.82, 2.24) is 14.8 Å². The van der Waals surface area contributed by atoms with Crippen molar-refractivity contribution in [3.05, 3.63) is 95.9 Å². The molecule has 11 nitrogen and oxygen atoms in total. The molecule has 0 spiro atoms. The molecule has 2 fully saturated rings. The van der Waals surface area contributed by atoms with E-state index in [-0.39, 0.29) is 30.1 Å². The van der Waals surface area contributed by atoms with E-state index >= 15 is 0 Å². The van der Waals surface area contributed by atoms with Gasteiger partial charge in [0.2, 0.25) is 5.88 Å². The van der Waals surface area contributed by atoms with Crippen LogP contribution in [0.25, 0.3) is 22.3 Å². The summed E-state index contributed by atoms with van der Waals surface area (Å²) in [5.74, 6) is -2.54. The summed E-state index contributed by atoms with van der Waals surface area (Å²) in [4.78, 5) is 46.7. The Morgan fingerprint density at radius 2 is 1.29 bits per heavy atom. The first-order valence-electron chi connectivity index (χ1n) is 18.4. The van der Waals surface area contributed by atoms with Crippen molar-refractivity contribution in [3.63, 3.8) is 0 Å². The molecule has 2 aliphatic heterocycles. The van der Waals surface area contributed by atoms with E-state index in [4.69, 9.17) is 18.9 Å². The van der Waals surface area contributed by atoms with Crippen molar-refractivity contribution in [1.29, 1.82) is 0 Å². The molecule has 2 saturated heterocycles. The van der Waals surface area contributed by atoms with E-state index in [1.807, 2.05) is 0 Å². The molecule has 1 N–H and O–H groups in total. The second kappa shape index (κ2) is 16.1. The predicted octanol–water partition coefficient (Wildman–Crippen LogP) is 8.86. The molecule has 4 aromatic rings. The van der Waals surface area contributed by atoms with E-state index in [2.05, 4.69) is 10.3 Å². The van der Waals surface area contributed by atoms with Crippen LogP contribution in [-0.4, -0.2) is 82.5 Å².